The molecule has 0 saturated heterocycles. The van der Waals surface area contributed by atoms with Crippen molar-refractivity contribution < 1.29 is 18.5 Å². The van der Waals surface area contributed by atoms with Crippen LogP contribution in [0.2, 0.25) is 0 Å². The highest BCUT2D eigenvalue weighted by atomic mass is 32.2. The van der Waals surface area contributed by atoms with E-state index in [2.05, 4.69) is 0 Å². The van der Waals surface area contributed by atoms with Gasteiger partial charge >= 0.3 is 7.12 Å². The normalized spacial score (nSPS) is 11.9. The third-order valence-electron chi connectivity index (χ3n) is 2.82. The Morgan fingerprint density at radius 1 is 1.22 bits per heavy atom. The molecule has 0 aromatic heterocycles. The van der Waals surface area contributed by atoms with E-state index in [9.17, 15) is 8.42 Å². The van der Waals surface area contributed by atoms with Gasteiger partial charge in [0.25, 0.3) is 0 Å². The van der Waals surface area contributed by atoms with Gasteiger partial charge in [0.1, 0.15) is 0 Å². The number of benzene rings is 1. The number of aryl methyl sites for hydroxylation is 1. The maximum Gasteiger partial charge on any atom is 0.488 e. The summed E-state index contributed by atoms with van der Waals surface area (Å²) >= 11 is 0. The fourth-order valence-corrected chi connectivity index (χ4v) is 3.49. The lowest BCUT2D eigenvalue weighted by Crippen LogP contribution is -2.33. The van der Waals surface area contributed by atoms with Crippen LogP contribution in [0, 0.1) is 6.92 Å². The Bertz CT molecular complexity index is 512. The molecule has 0 aliphatic rings. The molecule has 0 bridgehead atoms. The van der Waals surface area contributed by atoms with E-state index in [-0.39, 0.29) is 10.4 Å². The maximum atomic E-state index is 12.3. The van der Waals surface area contributed by atoms with Gasteiger partial charge in [0.15, 0.2) is 0 Å². The van der Waals surface area contributed by atoms with Crippen LogP contribution in [0.15, 0.2) is 23.1 Å². The smallest absolute Gasteiger partial charge is 0.423 e. The Morgan fingerprint density at radius 2 is 1.78 bits per heavy atom. The molecule has 0 aliphatic heterocycles. The Hall–Kier alpha value is -0.885. The molecule has 0 amide bonds. The summed E-state index contributed by atoms with van der Waals surface area (Å²) in [5.74, 6) is 0. The molecule has 1 rings (SSSR count). The zero-order chi connectivity index (χ0) is 13.9. The van der Waals surface area contributed by atoms with E-state index in [1.165, 1.54) is 22.5 Å². The Morgan fingerprint density at radius 3 is 2.17 bits per heavy atom. The van der Waals surface area contributed by atoms with Gasteiger partial charge in [0.05, 0.1) is 4.90 Å². The Labute approximate surface area is 108 Å². The van der Waals surface area contributed by atoms with Crippen LogP contribution in [0.25, 0.3) is 0 Å². The molecule has 0 saturated carbocycles. The molecule has 0 fully saturated rings. The SMILES string of the molecule is CCN(CC)S(=O)(=O)c1ccc(B(O)O)cc1C. The van der Waals surface area contributed by atoms with E-state index in [1.54, 1.807) is 20.8 Å². The molecule has 2 N–H and O–H groups in total. The topological polar surface area (TPSA) is 77.8 Å². The lowest BCUT2D eigenvalue weighted by atomic mass is 9.80. The van der Waals surface area contributed by atoms with Crippen molar-refractivity contribution in [3.8, 4) is 0 Å². The highest BCUT2D eigenvalue weighted by molar-refractivity contribution is 7.89. The third-order valence-corrected chi connectivity index (χ3v) is 5.03. The quantitative estimate of drug-likeness (QED) is 0.721. The first kappa shape index (κ1) is 15.2. The molecule has 0 atom stereocenters. The average molecular weight is 271 g/mol. The number of hydrogen-bond donors (Lipinski definition) is 2. The van der Waals surface area contributed by atoms with Crippen LogP contribution in [0.1, 0.15) is 19.4 Å². The molecule has 0 aliphatic carbocycles. The minimum atomic E-state index is -3.50. The van der Waals surface area contributed by atoms with Gasteiger partial charge in [-0.15, -0.1) is 0 Å². The number of sulfonamides is 1. The van der Waals surface area contributed by atoms with E-state index < -0.39 is 17.1 Å². The molecular formula is C11H18BNO4S. The zero-order valence-electron chi connectivity index (χ0n) is 10.8. The Balaban J connectivity index is 3.26. The van der Waals surface area contributed by atoms with E-state index in [4.69, 9.17) is 10.0 Å². The summed E-state index contributed by atoms with van der Waals surface area (Å²) in [6, 6.07) is 4.30. The van der Waals surface area contributed by atoms with Gasteiger partial charge in [-0.3, -0.25) is 0 Å². The summed E-state index contributed by atoms with van der Waals surface area (Å²) in [5, 5.41) is 18.1. The van der Waals surface area contributed by atoms with Crippen LogP contribution < -0.4 is 5.46 Å². The molecule has 0 spiro atoms. The molecule has 1 aromatic rings. The van der Waals surface area contributed by atoms with Gasteiger partial charge in [0.2, 0.25) is 10.0 Å². The van der Waals surface area contributed by atoms with Gasteiger partial charge < -0.3 is 10.0 Å². The minimum Gasteiger partial charge on any atom is -0.423 e. The molecule has 5 nitrogen and oxygen atoms in total. The zero-order valence-corrected chi connectivity index (χ0v) is 11.6. The number of rotatable bonds is 5. The van der Waals surface area contributed by atoms with E-state index in [0.717, 1.165) is 0 Å². The number of nitrogens with zero attached hydrogens (tertiary/aromatic N) is 1. The van der Waals surface area contributed by atoms with Gasteiger partial charge in [-0.2, -0.15) is 4.31 Å². The molecular weight excluding hydrogens is 253 g/mol. The lowest BCUT2D eigenvalue weighted by Gasteiger charge is -2.20. The van der Waals surface area contributed by atoms with Crippen molar-refractivity contribution in [2.45, 2.75) is 25.7 Å². The van der Waals surface area contributed by atoms with Crippen LogP contribution in [0.3, 0.4) is 0 Å². The molecule has 100 valence electrons. The van der Waals surface area contributed by atoms with Crippen LogP contribution >= 0.6 is 0 Å². The first-order valence-electron chi connectivity index (χ1n) is 5.81. The van der Waals surface area contributed by atoms with Crippen LogP contribution in [-0.2, 0) is 10.0 Å². The summed E-state index contributed by atoms with van der Waals surface area (Å²) in [4.78, 5) is 0.204. The largest absolute Gasteiger partial charge is 0.488 e. The van der Waals surface area contributed by atoms with Crippen molar-refractivity contribution in [3.63, 3.8) is 0 Å². The highest BCUT2D eigenvalue weighted by Gasteiger charge is 2.24. The second-order valence-electron chi connectivity index (χ2n) is 3.99. The van der Waals surface area contributed by atoms with Crippen molar-refractivity contribution >= 4 is 22.6 Å². The summed E-state index contributed by atoms with van der Waals surface area (Å²) in [6.07, 6.45) is 0. The average Bonchev–Trinajstić information content (AvgIpc) is 2.29. The van der Waals surface area contributed by atoms with Crippen LogP contribution in [0.5, 0.6) is 0 Å². The molecule has 0 radical (unpaired) electrons. The van der Waals surface area contributed by atoms with E-state index in [1.807, 2.05) is 0 Å². The van der Waals surface area contributed by atoms with Crippen molar-refractivity contribution in [2.24, 2.45) is 0 Å². The van der Waals surface area contributed by atoms with E-state index in [0.29, 0.717) is 18.7 Å². The van der Waals surface area contributed by atoms with Gasteiger partial charge in [-0.25, -0.2) is 8.42 Å². The first-order chi connectivity index (χ1) is 8.34. The maximum absolute atomic E-state index is 12.3. The highest BCUT2D eigenvalue weighted by Crippen LogP contribution is 2.18. The molecule has 0 heterocycles. The summed E-state index contributed by atoms with van der Waals surface area (Å²) in [7, 11) is -5.09. The summed E-state index contributed by atoms with van der Waals surface area (Å²) in [6.45, 7) is 6.01. The second-order valence-corrected chi connectivity index (χ2v) is 5.89. The fourth-order valence-electron chi connectivity index (χ4n) is 1.83. The van der Waals surface area contributed by atoms with Gasteiger partial charge in [-0.1, -0.05) is 26.0 Å². The minimum absolute atomic E-state index is 0.204. The van der Waals surface area contributed by atoms with Crippen molar-refractivity contribution in [1.29, 1.82) is 0 Å². The summed E-state index contributed by atoms with van der Waals surface area (Å²) < 4.78 is 26.0. The molecule has 18 heavy (non-hydrogen) atoms. The molecule has 7 heteroatoms. The second kappa shape index (κ2) is 5.84. The van der Waals surface area contributed by atoms with Crippen LogP contribution in [-0.4, -0.2) is 43.0 Å². The first-order valence-corrected chi connectivity index (χ1v) is 7.25. The predicted octanol–water partition coefficient (Wildman–Crippen LogP) is -0.295. The lowest BCUT2D eigenvalue weighted by molar-refractivity contribution is 0.425. The van der Waals surface area contributed by atoms with Gasteiger partial charge in [-0.05, 0) is 24.0 Å². The molecule has 1 aromatic carbocycles. The third kappa shape index (κ3) is 2.92. The number of hydrogen-bond acceptors (Lipinski definition) is 4. The van der Waals surface area contributed by atoms with E-state index >= 15 is 0 Å². The fraction of sp³-hybridized carbons (Fsp3) is 0.455. The van der Waals surface area contributed by atoms with Gasteiger partial charge in [0, 0.05) is 13.1 Å². The standard InChI is InChI=1S/C11H18BNO4S/c1-4-13(5-2)18(16,17)11-7-6-10(12(14)15)8-9(11)3/h6-8,14-15H,4-5H2,1-3H3. The monoisotopic (exact) mass is 271 g/mol. The predicted molar refractivity (Wildman–Crippen MR) is 71.1 cm³/mol. The molecule has 0 unspecified atom stereocenters. The van der Waals surface area contributed by atoms with Crippen molar-refractivity contribution in [2.75, 3.05) is 13.1 Å². The van der Waals surface area contributed by atoms with Crippen LogP contribution in [0.4, 0.5) is 0 Å². The van der Waals surface area contributed by atoms with Crippen molar-refractivity contribution in [3.05, 3.63) is 23.8 Å². The van der Waals surface area contributed by atoms with Crippen molar-refractivity contribution in [1.82, 2.24) is 4.31 Å². The summed E-state index contributed by atoms with van der Waals surface area (Å²) in [5.41, 5.74) is 0.790. The Kier molecular flexibility index (Phi) is 4.92.